The maximum atomic E-state index is 15.2. The van der Waals surface area contributed by atoms with E-state index in [0.29, 0.717) is 105 Å². The van der Waals surface area contributed by atoms with Crippen molar-refractivity contribution in [1.82, 2.24) is 25.5 Å². The molecule has 1 unspecified atom stereocenters. The predicted octanol–water partition coefficient (Wildman–Crippen LogP) is 4.39. The number of aromatic nitrogens is 2. The standard InChI is InChI=1S/C44H55F2N9O7/c1-6-33-42(61)52(4)34-24-47-43(50-38(34)55(33)25(2)3)48-32-9-7-27(21-35(32)62-5)39(58)51-44(15-20-56)13-18-54(19-14-44)41(60)26-11-16-53(17-12-26)28-22-30(45)37(31(46)23-28)29-8-10-36(57)49-40(29)59/h7,9,21-26,29,33,56H,6,8,10-20H2,1-5H3,(H,51,58)(H,47,48,50)(H,49,57,59)/t29?,33-/m1/s1. The van der Waals surface area contributed by atoms with Gasteiger partial charge < -0.3 is 40.1 Å². The number of nitrogens with zero attached hydrogens (tertiary/aromatic N) is 6. The number of carbonyl (C=O) groups is 5. The van der Waals surface area contributed by atoms with Gasteiger partial charge in [-0.2, -0.15) is 4.98 Å². The first-order chi connectivity index (χ1) is 29.7. The average Bonchev–Trinajstić information content (AvgIpc) is 3.25. The zero-order chi connectivity index (χ0) is 44.5. The molecule has 5 heterocycles. The molecule has 2 atom stereocenters. The van der Waals surface area contributed by atoms with Crippen molar-refractivity contribution in [3.63, 3.8) is 0 Å². The van der Waals surface area contributed by atoms with Gasteiger partial charge in [-0.3, -0.25) is 29.3 Å². The summed E-state index contributed by atoms with van der Waals surface area (Å²) in [6.45, 7) is 7.40. The topological polar surface area (TPSA) is 190 Å². The number of hydrogen-bond donors (Lipinski definition) is 4. The number of benzene rings is 2. The first kappa shape index (κ1) is 44.2. The van der Waals surface area contributed by atoms with Crippen LogP contribution in [0, 0.1) is 17.6 Å². The van der Waals surface area contributed by atoms with Gasteiger partial charge in [0.25, 0.3) is 5.91 Å². The lowest BCUT2D eigenvalue weighted by molar-refractivity contribution is -0.138. The molecule has 3 fully saturated rings. The van der Waals surface area contributed by atoms with Gasteiger partial charge in [0.15, 0.2) is 5.82 Å². The van der Waals surface area contributed by atoms with E-state index < -0.39 is 34.9 Å². The third-order valence-electron chi connectivity index (χ3n) is 12.8. The summed E-state index contributed by atoms with van der Waals surface area (Å²) in [6.07, 6.45) is 4.39. The van der Waals surface area contributed by atoms with Gasteiger partial charge in [-0.1, -0.05) is 6.92 Å². The molecule has 0 saturated carbocycles. The number of carbonyl (C=O) groups excluding carboxylic acids is 5. The third-order valence-corrected chi connectivity index (χ3v) is 12.8. The monoisotopic (exact) mass is 859 g/mol. The summed E-state index contributed by atoms with van der Waals surface area (Å²) in [5.74, 6) is -3.32. The molecule has 3 aromatic rings. The molecule has 1 aromatic heterocycles. The van der Waals surface area contributed by atoms with Crippen LogP contribution in [0.3, 0.4) is 0 Å². The number of rotatable bonds is 12. The fraction of sp³-hybridized carbons (Fsp3) is 0.523. The fourth-order valence-corrected chi connectivity index (χ4v) is 9.31. The van der Waals surface area contributed by atoms with E-state index in [4.69, 9.17) is 9.72 Å². The first-order valence-corrected chi connectivity index (χ1v) is 21.3. The maximum Gasteiger partial charge on any atom is 0.251 e. The van der Waals surface area contributed by atoms with E-state index in [0.717, 1.165) is 0 Å². The number of nitrogens with one attached hydrogen (secondary N) is 3. The minimum atomic E-state index is -1.08. The van der Waals surface area contributed by atoms with Gasteiger partial charge in [0.2, 0.25) is 29.6 Å². The number of piperidine rings is 3. The second-order valence-electron chi connectivity index (χ2n) is 16.9. The Morgan fingerprint density at radius 3 is 2.34 bits per heavy atom. The molecule has 3 saturated heterocycles. The van der Waals surface area contributed by atoms with E-state index in [1.807, 2.05) is 30.6 Å². The zero-order valence-corrected chi connectivity index (χ0v) is 35.8. The summed E-state index contributed by atoms with van der Waals surface area (Å²) >= 11 is 0. The van der Waals surface area contributed by atoms with Crippen molar-refractivity contribution in [2.45, 2.75) is 95.7 Å². The van der Waals surface area contributed by atoms with Crippen LogP contribution in [0.2, 0.25) is 0 Å². The van der Waals surface area contributed by atoms with E-state index in [9.17, 15) is 29.1 Å². The predicted molar refractivity (Wildman–Crippen MR) is 228 cm³/mol. The van der Waals surface area contributed by atoms with Crippen LogP contribution in [0.4, 0.5) is 37.6 Å². The Balaban J connectivity index is 0.955. The Morgan fingerprint density at radius 2 is 1.73 bits per heavy atom. The smallest absolute Gasteiger partial charge is 0.251 e. The number of imide groups is 1. The average molecular weight is 860 g/mol. The molecule has 4 N–H and O–H groups in total. The van der Waals surface area contributed by atoms with Crippen molar-refractivity contribution in [2.75, 3.05) is 67.0 Å². The van der Waals surface area contributed by atoms with E-state index in [2.05, 4.69) is 20.9 Å². The highest BCUT2D eigenvalue weighted by molar-refractivity contribution is 6.04. The van der Waals surface area contributed by atoms with Crippen LogP contribution in [0.15, 0.2) is 36.5 Å². The molecule has 18 heteroatoms. The molecule has 4 aliphatic rings. The second kappa shape index (κ2) is 18.2. The highest BCUT2D eigenvalue weighted by atomic mass is 19.1. The van der Waals surface area contributed by atoms with Crippen molar-refractivity contribution >= 4 is 58.4 Å². The molecule has 332 valence electrons. The molecular weight excluding hydrogens is 805 g/mol. The van der Waals surface area contributed by atoms with Gasteiger partial charge in [-0.15, -0.1) is 0 Å². The Bertz CT molecular complexity index is 2200. The molecule has 2 aromatic carbocycles. The number of methoxy groups -OCH3 is 1. The van der Waals surface area contributed by atoms with Crippen molar-refractivity contribution in [3.05, 3.63) is 59.3 Å². The van der Waals surface area contributed by atoms with Crippen LogP contribution in [0.25, 0.3) is 0 Å². The molecule has 62 heavy (non-hydrogen) atoms. The number of aliphatic hydroxyl groups is 1. The van der Waals surface area contributed by atoms with Crippen LogP contribution in [0.1, 0.15) is 94.0 Å². The molecule has 0 bridgehead atoms. The minimum absolute atomic E-state index is 0.00674. The maximum absolute atomic E-state index is 15.2. The molecule has 0 radical (unpaired) electrons. The molecule has 4 aliphatic heterocycles. The largest absolute Gasteiger partial charge is 0.495 e. The van der Waals surface area contributed by atoms with E-state index in [1.54, 1.807) is 41.2 Å². The Hall–Kier alpha value is -5.91. The Labute approximate surface area is 359 Å². The zero-order valence-electron chi connectivity index (χ0n) is 35.8. The fourth-order valence-electron chi connectivity index (χ4n) is 9.31. The molecule has 0 aliphatic carbocycles. The van der Waals surface area contributed by atoms with E-state index in [-0.39, 0.29) is 60.7 Å². The van der Waals surface area contributed by atoms with Crippen LogP contribution in [-0.2, 0) is 19.2 Å². The summed E-state index contributed by atoms with van der Waals surface area (Å²) in [5.41, 5.74) is 0.697. The first-order valence-electron chi connectivity index (χ1n) is 21.3. The number of amides is 5. The number of fused-ring (bicyclic) bond motifs is 1. The Kier molecular flexibility index (Phi) is 13.0. The summed E-state index contributed by atoms with van der Waals surface area (Å²) in [4.78, 5) is 80.9. The lowest BCUT2D eigenvalue weighted by atomic mass is 9.83. The SMILES string of the molecule is CC[C@@H]1C(=O)N(C)c2cnc(Nc3ccc(C(=O)NC4(CCO)CCN(C(=O)C5CCN(c6cc(F)c(C7CCC(=O)NC7=O)c(F)c6)CC5)CC4)cc3OC)nc2N1C(C)C. The number of aliphatic hydroxyl groups excluding tert-OH is 1. The van der Waals surface area contributed by atoms with Crippen LogP contribution in [-0.4, -0.2) is 114 Å². The van der Waals surface area contributed by atoms with E-state index in [1.165, 1.54) is 19.2 Å². The van der Waals surface area contributed by atoms with Crippen LogP contribution in [0.5, 0.6) is 5.75 Å². The van der Waals surface area contributed by atoms with Crippen molar-refractivity contribution in [2.24, 2.45) is 5.92 Å². The van der Waals surface area contributed by atoms with Crippen molar-refractivity contribution in [3.8, 4) is 5.75 Å². The summed E-state index contributed by atoms with van der Waals surface area (Å²) < 4.78 is 36.2. The van der Waals surface area contributed by atoms with Crippen molar-refractivity contribution < 1.29 is 42.6 Å². The lowest BCUT2D eigenvalue weighted by Crippen LogP contribution is -2.57. The lowest BCUT2D eigenvalue weighted by Gasteiger charge is -2.44. The Morgan fingerprint density at radius 1 is 1.03 bits per heavy atom. The number of halogens is 2. The number of likely N-dealkylation sites (N-methyl/N-ethyl adjacent to an activating group) is 1. The third kappa shape index (κ3) is 8.74. The molecular formula is C44H55F2N9O7. The van der Waals surface area contributed by atoms with Crippen LogP contribution < -0.4 is 35.4 Å². The van der Waals surface area contributed by atoms with Gasteiger partial charge in [0, 0.05) is 80.6 Å². The quantitative estimate of drug-likeness (QED) is 0.189. The molecule has 0 spiro atoms. The number of ether oxygens (including phenoxy) is 1. The van der Waals surface area contributed by atoms with Gasteiger partial charge in [-0.25, -0.2) is 13.8 Å². The summed E-state index contributed by atoms with van der Waals surface area (Å²) in [6, 6.07) is 7.05. The number of likely N-dealkylation sites (tertiary alicyclic amines) is 1. The van der Waals surface area contributed by atoms with Crippen LogP contribution >= 0.6 is 0 Å². The van der Waals surface area contributed by atoms with E-state index >= 15 is 8.78 Å². The van der Waals surface area contributed by atoms with Gasteiger partial charge in [0.1, 0.15) is 29.1 Å². The highest BCUT2D eigenvalue weighted by Gasteiger charge is 2.41. The van der Waals surface area contributed by atoms with Gasteiger partial charge in [0.05, 0.1) is 24.9 Å². The summed E-state index contributed by atoms with van der Waals surface area (Å²) in [7, 11) is 3.22. The number of anilines is 5. The highest BCUT2D eigenvalue weighted by Crippen LogP contribution is 2.38. The van der Waals surface area contributed by atoms with Gasteiger partial charge >= 0.3 is 0 Å². The number of hydrogen-bond acceptors (Lipinski definition) is 12. The second-order valence-corrected chi connectivity index (χ2v) is 16.9. The van der Waals surface area contributed by atoms with Gasteiger partial charge in [-0.05, 0) is 89.1 Å². The molecule has 16 nitrogen and oxygen atoms in total. The molecule has 7 rings (SSSR count). The normalized spacial score (nSPS) is 20.6. The summed E-state index contributed by atoms with van der Waals surface area (Å²) in [5, 5.41) is 18.6. The molecule has 5 amide bonds. The van der Waals surface area contributed by atoms with Crippen molar-refractivity contribution in [1.29, 1.82) is 0 Å². The minimum Gasteiger partial charge on any atom is -0.495 e.